The normalized spacial score (nSPS) is 13.0. The molecule has 0 aliphatic carbocycles. The monoisotopic (exact) mass is 355 g/mol. The predicted molar refractivity (Wildman–Crippen MR) is 91.4 cm³/mol. The highest BCUT2D eigenvalue weighted by Gasteiger charge is 2.18. The average Bonchev–Trinajstić information content (AvgIpc) is 3.06. The quantitative estimate of drug-likeness (QED) is 0.763. The van der Waals surface area contributed by atoms with Crippen molar-refractivity contribution in [2.75, 3.05) is 13.2 Å². The summed E-state index contributed by atoms with van der Waals surface area (Å²) >= 11 is 1.46. The van der Waals surface area contributed by atoms with Crippen LogP contribution in [-0.4, -0.2) is 26.7 Å². The van der Waals surface area contributed by atoms with Gasteiger partial charge in [-0.25, -0.2) is 13.1 Å². The maximum Gasteiger partial charge on any atom is 0.240 e. The summed E-state index contributed by atoms with van der Waals surface area (Å²) < 4.78 is 32.6. The van der Waals surface area contributed by atoms with Gasteiger partial charge in [0.1, 0.15) is 5.75 Å². The van der Waals surface area contributed by atoms with E-state index in [2.05, 4.69) is 4.72 Å². The van der Waals surface area contributed by atoms with E-state index in [4.69, 9.17) is 4.74 Å². The number of aliphatic hydroxyl groups is 1. The fourth-order valence-corrected chi connectivity index (χ4v) is 3.85. The van der Waals surface area contributed by atoms with Crippen molar-refractivity contribution >= 4 is 21.4 Å². The van der Waals surface area contributed by atoms with Crippen LogP contribution in [0.25, 0.3) is 0 Å². The number of rotatable bonds is 8. The molecule has 0 bridgehead atoms. The number of thiophene rings is 1. The van der Waals surface area contributed by atoms with Gasteiger partial charge in [-0.2, -0.15) is 11.3 Å². The summed E-state index contributed by atoms with van der Waals surface area (Å²) in [6.45, 7) is 4.35. The highest BCUT2D eigenvalue weighted by Crippen LogP contribution is 2.22. The molecular weight excluding hydrogens is 334 g/mol. The van der Waals surface area contributed by atoms with E-state index in [1.54, 1.807) is 23.6 Å². The van der Waals surface area contributed by atoms with Crippen LogP contribution in [0.2, 0.25) is 0 Å². The molecular formula is C16H21NO4S2. The Morgan fingerprint density at radius 3 is 2.74 bits per heavy atom. The number of sulfonamides is 1. The van der Waals surface area contributed by atoms with E-state index in [-0.39, 0.29) is 11.4 Å². The van der Waals surface area contributed by atoms with Gasteiger partial charge in [0.25, 0.3) is 0 Å². The van der Waals surface area contributed by atoms with Crippen LogP contribution in [-0.2, 0) is 10.0 Å². The molecule has 0 amide bonds. The van der Waals surface area contributed by atoms with Gasteiger partial charge in [0.2, 0.25) is 10.0 Å². The second kappa shape index (κ2) is 7.92. The predicted octanol–water partition coefficient (Wildman–Crippen LogP) is 2.86. The fourth-order valence-electron chi connectivity index (χ4n) is 2.02. The van der Waals surface area contributed by atoms with Gasteiger partial charge < -0.3 is 9.84 Å². The molecule has 0 unspecified atom stereocenters. The molecule has 0 aliphatic rings. The first-order chi connectivity index (χ1) is 10.9. The molecule has 23 heavy (non-hydrogen) atoms. The minimum Gasteiger partial charge on any atom is -0.493 e. The summed E-state index contributed by atoms with van der Waals surface area (Å²) in [6, 6.07) is 6.52. The molecule has 5 nitrogen and oxygen atoms in total. The fraction of sp³-hybridized carbons (Fsp3) is 0.375. The lowest BCUT2D eigenvalue weighted by atomic mass is 10.2. The molecule has 1 atom stereocenters. The molecule has 0 saturated carbocycles. The molecule has 2 rings (SSSR count). The van der Waals surface area contributed by atoms with Crippen LogP contribution in [0.5, 0.6) is 5.75 Å². The first-order valence-electron chi connectivity index (χ1n) is 7.37. The van der Waals surface area contributed by atoms with E-state index < -0.39 is 16.1 Å². The first kappa shape index (κ1) is 17.9. The number of nitrogens with one attached hydrogen (secondary N) is 1. The van der Waals surface area contributed by atoms with Crippen molar-refractivity contribution < 1.29 is 18.3 Å². The molecule has 0 saturated heterocycles. The molecule has 0 spiro atoms. The average molecular weight is 355 g/mol. The van der Waals surface area contributed by atoms with Crippen molar-refractivity contribution in [2.24, 2.45) is 0 Å². The molecule has 0 aliphatic heterocycles. The molecule has 0 radical (unpaired) electrons. The van der Waals surface area contributed by atoms with Gasteiger partial charge in [0.15, 0.2) is 0 Å². The third kappa shape index (κ3) is 4.78. The van der Waals surface area contributed by atoms with Crippen LogP contribution in [0, 0.1) is 6.92 Å². The van der Waals surface area contributed by atoms with Crippen LogP contribution < -0.4 is 9.46 Å². The van der Waals surface area contributed by atoms with E-state index >= 15 is 0 Å². The Hall–Kier alpha value is -1.41. The maximum absolute atomic E-state index is 12.3. The van der Waals surface area contributed by atoms with Gasteiger partial charge in [-0.3, -0.25) is 0 Å². The minimum absolute atomic E-state index is 0.0633. The Balaban J connectivity index is 2.05. The Bertz CT molecular complexity index is 727. The first-order valence-corrected chi connectivity index (χ1v) is 9.80. The van der Waals surface area contributed by atoms with Crippen molar-refractivity contribution in [3.63, 3.8) is 0 Å². The SMILES string of the molecule is CCCOc1ccc(S(=O)(=O)NC[C@@H](O)c2ccsc2)cc1C. The van der Waals surface area contributed by atoms with Crippen molar-refractivity contribution in [3.8, 4) is 5.75 Å². The van der Waals surface area contributed by atoms with Gasteiger partial charge >= 0.3 is 0 Å². The number of aryl methyl sites for hydroxylation is 1. The lowest BCUT2D eigenvalue weighted by molar-refractivity contribution is 0.182. The Morgan fingerprint density at radius 1 is 1.35 bits per heavy atom. The summed E-state index contributed by atoms with van der Waals surface area (Å²) in [5.41, 5.74) is 1.47. The van der Waals surface area contributed by atoms with Gasteiger partial charge in [0, 0.05) is 6.54 Å². The Kier molecular flexibility index (Phi) is 6.17. The second-order valence-corrected chi connectivity index (χ2v) is 7.75. The molecule has 0 fully saturated rings. The third-order valence-electron chi connectivity index (χ3n) is 3.31. The van der Waals surface area contributed by atoms with Crippen LogP contribution in [0.1, 0.15) is 30.6 Å². The third-order valence-corrected chi connectivity index (χ3v) is 5.44. The van der Waals surface area contributed by atoms with Crippen LogP contribution >= 0.6 is 11.3 Å². The number of hydrogen-bond donors (Lipinski definition) is 2. The highest BCUT2D eigenvalue weighted by atomic mass is 32.2. The van der Waals surface area contributed by atoms with E-state index in [1.165, 1.54) is 17.4 Å². The van der Waals surface area contributed by atoms with Crippen molar-refractivity contribution in [1.82, 2.24) is 4.72 Å². The second-order valence-electron chi connectivity index (χ2n) is 5.20. The van der Waals surface area contributed by atoms with Crippen molar-refractivity contribution in [3.05, 3.63) is 46.2 Å². The minimum atomic E-state index is -3.67. The standard InChI is InChI=1S/C16H21NO4S2/c1-3-7-21-16-5-4-14(9-12(16)2)23(19,20)17-10-15(18)13-6-8-22-11-13/h4-6,8-9,11,15,17-18H,3,7,10H2,1-2H3/t15-/m1/s1. The summed E-state index contributed by atoms with van der Waals surface area (Å²) in [5, 5.41) is 13.6. The van der Waals surface area contributed by atoms with Gasteiger partial charge in [-0.1, -0.05) is 6.92 Å². The van der Waals surface area contributed by atoms with Crippen molar-refractivity contribution in [1.29, 1.82) is 0 Å². The van der Waals surface area contributed by atoms with E-state index in [0.717, 1.165) is 12.0 Å². The number of aliphatic hydroxyl groups excluding tert-OH is 1. The van der Waals surface area contributed by atoms with E-state index in [0.29, 0.717) is 17.9 Å². The maximum atomic E-state index is 12.3. The lowest BCUT2D eigenvalue weighted by Gasteiger charge is -2.13. The van der Waals surface area contributed by atoms with Crippen molar-refractivity contribution in [2.45, 2.75) is 31.3 Å². The molecule has 2 N–H and O–H groups in total. The van der Waals surface area contributed by atoms with Crippen LogP contribution in [0.4, 0.5) is 0 Å². The van der Waals surface area contributed by atoms with Gasteiger partial charge in [0.05, 0.1) is 17.6 Å². The molecule has 1 aromatic carbocycles. The largest absolute Gasteiger partial charge is 0.493 e. The summed E-state index contributed by atoms with van der Waals surface area (Å²) in [4.78, 5) is 0.163. The molecule has 1 aromatic heterocycles. The van der Waals surface area contributed by atoms with Crippen LogP contribution in [0.3, 0.4) is 0 Å². The summed E-state index contributed by atoms with van der Waals surface area (Å²) in [6.07, 6.45) is 0.0332. The van der Waals surface area contributed by atoms with E-state index in [1.807, 2.05) is 19.2 Å². The van der Waals surface area contributed by atoms with E-state index in [9.17, 15) is 13.5 Å². The van der Waals surface area contributed by atoms with Crippen LogP contribution in [0.15, 0.2) is 39.9 Å². The molecule has 2 aromatic rings. The molecule has 1 heterocycles. The number of ether oxygens (including phenoxy) is 1. The number of benzene rings is 1. The lowest BCUT2D eigenvalue weighted by Crippen LogP contribution is -2.28. The number of hydrogen-bond acceptors (Lipinski definition) is 5. The zero-order chi connectivity index (χ0) is 16.9. The molecule has 7 heteroatoms. The molecule has 126 valence electrons. The zero-order valence-electron chi connectivity index (χ0n) is 13.2. The summed E-state index contributed by atoms with van der Waals surface area (Å²) in [5.74, 6) is 0.684. The van der Waals surface area contributed by atoms with Gasteiger partial charge in [-0.05, 0) is 59.5 Å². The Morgan fingerprint density at radius 2 is 2.13 bits per heavy atom. The van der Waals surface area contributed by atoms with Gasteiger partial charge in [-0.15, -0.1) is 0 Å². The highest BCUT2D eigenvalue weighted by molar-refractivity contribution is 7.89. The smallest absolute Gasteiger partial charge is 0.240 e. The summed E-state index contributed by atoms with van der Waals surface area (Å²) in [7, 11) is -3.67. The Labute approximate surface area is 141 Å². The topological polar surface area (TPSA) is 75.6 Å². The zero-order valence-corrected chi connectivity index (χ0v) is 14.8.